The predicted molar refractivity (Wildman–Crippen MR) is 123 cm³/mol. The van der Waals surface area contributed by atoms with Crippen LogP contribution in [0.4, 0.5) is 0 Å². The molecule has 0 aliphatic carbocycles. The van der Waals surface area contributed by atoms with Gasteiger partial charge < -0.3 is 20.1 Å². The normalized spacial score (nSPS) is 10.6. The van der Waals surface area contributed by atoms with Crippen molar-refractivity contribution >= 4 is 47.5 Å². The van der Waals surface area contributed by atoms with Crippen LogP contribution in [0.25, 0.3) is 0 Å². The molecule has 0 fully saturated rings. The van der Waals surface area contributed by atoms with Crippen molar-refractivity contribution in [2.45, 2.75) is 20.0 Å². The maximum absolute atomic E-state index is 11.9. The largest absolute Gasteiger partial charge is 0.496 e. The van der Waals surface area contributed by atoms with Crippen LogP contribution >= 0.6 is 35.6 Å². The fraction of sp³-hybridized carbons (Fsp3) is 0.300. The molecule has 0 aliphatic heterocycles. The van der Waals surface area contributed by atoms with Crippen molar-refractivity contribution in [2.75, 3.05) is 20.8 Å². The summed E-state index contributed by atoms with van der Waals surface area (Å²) in [6.07, 6.45) is 0. The van der Waals surface area contributed by atoms with Crippen LogP contribution in [0.15, 0.2) is 47.5 Å². The molecule has 0 amide bonds. The van der Waals surface area contributed by atoms with E-state index in [2.05, 4.69) is 15.6 Å². The van der Waals surface area contributed by atoms with Gasteiger partial charge in [0.1, 0.15) is 11.3 Å². The summed E-state index contributed by atoms with van der Waals surface area (Å²) >= 11 is 5.91. The smallest absolute Gasteiger partial charge is 0.341 e. The van der Waals surface area contributed by atoms with Gasteiger partial charge in [-0.15, -0.1) is 24.0 Å². The molecule has 2 rings (SSSR count). The topological polar surface area (TPSA) is 72.0 Å². The average molecular weight is 518 g/mol. The minimum Gasteiger partial charge on any atom is -0.496 e. The van der Waals surface area contributed by atoms with E-state index in [0.29, 0.717) is 35.4 Å². The first-order chi connectivity index (χ1) is 13.1. The number of esters is 1. The number of nitrogens with zero attached hydrogens (tertiary/aromatic N) is 1. The maximum Gasteiger partial charge on any atom is 0.341 e. The lowest BCUT2D eigenvalue weighted by Gasteiger charge is -2.12. The molecule has 6 nitrogen and oxygen atoms in total. The molecular formula is C20H25ClIN3O3. The number of benzene rings is 2. The van der Waals surface area contributed by atoms with Crippen LogP contribution in [0, 0.1) is 0 Å². The Bertz CT molecular complexity index is 798. The Morgan fingerprint density at radius 1 is 1.07 bits per heavy atom. The molecule has 0 aliphatic rings. The van der Waals surface area contributed by atoms with Crippen molar-refractivity contribution in [2.24, 2.45) is 4.99 Å². The van der Waals surface area contributed by atoms with Crippen LogP contribution in [-0.4, -0.2) is 32.7 Å². The molecule has 0 spiro atoms. The number of carbonyl (C=O) groups excluding carboxylic acids is 1. The summed E-state index contributed by atoms with van der Waals surface area (Å²) in [4.78, 5) is 16.5. The van der Waals surface area contributed by atoms with Crippen molar-refractivity contribution in [3.63, 3.8) is 0 Å². The third-order valence-corrected chi connectivity index (χ3v) is 4.06. The lowest BCUT2D eigenvalue weighted by Crippen LogP contribution is -2.36. The molecule has 2 N–H and O–H groups in total. The van der Waals surface area contributed by atoms with Gasteiger partial charge >= 0.3 is 5.97 Å². The fourth-order valence-corrected chi connectivity index (χ4v) is 2.55. The third kappa shape index (κ3) is 7.20. The van der Waals surface area contributed by atoms with E-state index in [0.717, 1.165) is 17.7 Å². The van der Waals surface area contributed by atoms with Crippen LogP contribution in [0.3, 0.4) is 0 Å². The summed E-state index contributed by atoms with van der Waals surface area (Å²) in [6, 6.07) is 13.0. The molecule has 28 heavy (non-hydrogen) atoms. The number of ether oxygens (including phenoxy) is 2. The molecule has 0 radical (unpaired) electrons. The molecule has 0 bridgehead atoms. The van der Waals surface area contributed by atoms with E-state index in [-0.39, 0.29) is 24.0 Å². The van der Waals surface area contributed by atoms with Gasteiger partial charge in [0.25, 0.3) is 0 Å². The van der Waals surface area contributed by atoms with Crippen molar-refractivity contribution in [3.05, 3.63) is 64.2 Å². The number of rotatable bonds is 7. The van der Waals surface area contributed by atoms with Gasteiger partial charge in [0, 0.05) is 18.1 Å². The highest BCUT2D eigenvalue weighted by atomic mass is 127. The van der Waals surface area contributed by atoms with E-state index < -0.39 is 5.97 Å². The molecule has 0 unspecified atom stereocenters. The lowest BCUT2D eigenvalue weighted by molar-refractivity contribution is 0.0597. The van der Waals surface area contributed by atoms with Gasteiger partial charge in [0.2, 0.25) is 0 Å². The number of hydrogen-bond acceptors (Lipinski definition) is 4. The van der Waals surface area contributed by atoms with Crippen molar-refractivity contribution in [3.8, 4) is 5.75 Å². The Kier molecular flexibility index (Phi) is 10.7. The Hall–Kier alpha value is -2.00. The first-order valence-corrected chi connectivity index (χ1v) is 8.97. The van der Waals surface area contributed by atoms with Gasteiger partial charge in [-0.25, -0.2) is 9.79 Å². The molecule has 2 aromatic rings. The molecular weight excluding hydrogens is 493 g/mol. The minimum atomic E-state index is -0.439. The van der Waals surface area contributed by atoms with Crippen LogP contribution in [0.5, 0.6) is 5.75 Å². The molecule has 2 aromatic carbocycles. The highest BCUT2D eigenvalue weighted by molar-refractivity contribution is 14.0. The number of methoxy groups -OCH3 is 2. The average Bonchev–Trinajstić information content (AvgIpc) is 2.70. The Morgan fingerprint density at radius 2 is 1.75 bits per heavy atom. The van der Waals surface area contributed by atoms with E-state index in [1.807, 2.05) is 37.3 Å². The van der Waals surface area contributed by atoms with Gasteiger partial charge in [-0.05, 0) is 42.3 Å². The Labute approximate surface area is 187 Å². The molecule has 0 aromatic heterocycles. The highest BCUT2D eigenvalue weighted by Gasteiger charge is 2.13. The highest BCUT2D eigenvalue weighted by Crippen LogP contribution is 2.21. The lowest BCUT2D eigenvalue weighted by atomic mass is 10.1. The van der Waals surface area contributed by atoms with Crippen molar-refractivity contribution < 1.29 is 14.3 Å². The summed E-state index contributed by atoms with van der Waals surface area (Å²) < 4.78 is 10.0. The van der Waals surface area contributed by atoms with E-state index >= 15 is 0 Å². The Balaban J connectivity index is 0.00000392. The van der Waals surface area contributed by atoms with Crippen LogP contribution < -0.4 is 15.4 Å². The van der Waals surface area contributed by atoms with E-state index in [1.165, 1.54) is 14.2 Å². The summed E-state index contributed by atoms with van der Waals surface area (Å²) in [5, 5.41) is 7.19. The summed E-state index contributed by atoms with van der Waals surface area (Å²) in [7, 11) is 2.86. The fourth-order valence-electron chi connectivity index (χ4n) is 2.42. The van der Waals surface area contributed by atoms with E-state index in [1.54, 1.807) is 12.1 Å². The zero-order chi connectivity index (χ0) is 19.6. The zero-order valence-corrected chi connectivity index (χ0v) is 19.2. The number of carbonyl (C=O) groups is 1. The monoisotopic (exact) mass is 517 g/mol. The first-order valence-electron chi connectivity index (χ1n) is 8.59. The second-order valence-corrected chi connectivity index (χ2v) is 6.14. The second-order valence-electron chi connectivity index (χ2n) is 5.70. The number of aliphatic imine (C=N–C) groups is 1. The molecule has 8 heteroatoms. The molecule has 0 atom stereocenters. The van der Waals surface area contributed by atoms with Gasteiger partial charge in [-0.2, -0.15) is 0 Å². The van der Waals surface area contributed by atoms with Gasteiger partial charge in [0.15, 0.2) is 5.96 Å². The number of hydrogen-bond donors (Lipinski definition) is 2. The molecule has 0 saturated heterocycles. The van der Waals surface area contributed by atoms with Gasteiger partial charge in [0.05, 0.1) is 20.8 Å². The number of halogens is 2. The van der Waals surface area contributed by atoms with Crippen LogP contribution in [0.1, 0.15) is 28.4 Å². The van der Waals surface area contributed by atoms with Crippen LogP contribution in [0.2, 0.25) is 5.02 Å². The quantitative estimate of drug-likeness (QED) is 0.251. The summed E-state index contributed by atoms with van der Waals surface area (Å²) in [6.45, 7) is 3.77. The Morgan fingerprint density at radius 3 is 2.36 bits per heavy atom. The van der Waals surface area contributed by atoms with Crippen molar-refractivity contribution in [1.29, 1.82) is 0 Å². The summed E-state index contributed by atoms with van der Waals surface area (Å²) in [5.74, 6) is 0.718. The molecule has 152 valence electrons. The molecule has 0 saturated carbocycles. The second kappa shape index (κ2) is 12.5. The van der Waals surface area contributed by atoms with Crippen LogP contribution in [-0.2, 0) is 17.8 Å². The maximum atomic E-state index is 11.9. The predicted octanol–water partition coefficient (Wildman–Crippen LogP) is 4.01. The van der Waals surface area contributed by atoms with Crippen molar-refractivity contribution in [1.82, 2.24) is 10.6 Å². The zero-order valence-electron chi connectivity index (χ0n) is 16.1. The SMILES string of the molecule is CCNC(=NCc1ccc(OC)c(C(=O)OC)c1)NCc1ccc(Cl)cc1.I. The van der Waals surface area contributed by atoms with E-state index in [9.17, 15) is 4.79 Å². The standard InChI is InChI=1S/C20H24ClN3O3.HI/c1-4-22-20(23-12-14-5-8-16(21)9-6-14)24-13-15-7-10-18(26-2)17(11-15)19(25)27-3;/h5-11H,4,12-13H2,1-3H3,(H2,22,23,24);1H. The number of guanidine groups is 1. The summed E-state index contributed by atoms with van der Waals surface area (Å²) in [5.41, 5.74) is 2.36. The van der Waals surface area contributed by atoms with E-state index in [4.69, 9.17) is 21.1 Å². The molecule has 0 heterocycles. The number of nitrogens with one attached hydrogen (secondary N) is 2. The minimum absolute atomic E-state index is 0. The third-order valence-electron chi connectivity index (χ3n) is 3.81. The van der Waals surface area contributed by atoms with Gasteiger partial charge in [-0.1, -0.05) is 29.8 Å². The first kappa shape index (κ1) is 24.0. The van der Waals surface area contributed by atoms with Gasteiger partial charge in [-0.3, -0.25) is 0 Å².